The highest BCUT2D eigenvalue weighted by atomic mass is 35.5. The van der Waals surface area contributed by atoms with Crippen molar-refractivity contribution >= 4 is 34.5 Å². The van der Waals surface area contributed by atoms with Crippen LogP contribution in [0.2, 0.25) is 9.49 Å². The van der Waals surface area contributed by atoms with Crippen LogP contribution in [-0.4, -0.2) is 16.9 Å². The lowest BCUT2D eigenvalue weighted by molar-refractivity contribution is 0.255. The Labute approximate surface area is 121 Å². The molecule has 96 valence electrons. The highest BCUT2D eigenvalue weighted by molar-refractivity contribution is 7.15. The molecule has 0 spiro atoms. The molecule has 0 fully saturated rings. The number of rotatable bonds is 4. The SMILES string of the molecule is CC(c1cccc(Cl)c1)N(C)Cc1cnc(Cl)s1. The Kier molecular flexibility index (Phi) is 4.62. The largest absolute Gasteiger partial charge is 0.295 e. The summed E-state index contributed by atoms with van der Waals surface area (Å²) < 4.78 is 0.591. The molecule has 0 bridgehead atoms. The summed E-state index contributed by atoms with van der Waals surface area (Å²) in [5.41, 5.74) is 1.21. The van der Waals surface area contributed by atoms with Crippen LogP contribution in [0.1, 0.15) is 23.4 Å². The number of thiazole rings is 1. The number of hydrogen-bond donors (Lipinski definition) is 0. The maximum atomic E-state index is 6.01. The van der Waals surface area contributed by atoms with Crippen LogP contribution < -0.4 is 0 Å². The van der Waals surface area contributed by atoms with E-state index in [4.69, 9.17) is 23.2 Å². The molecule has 1 unspecified atom stereocenters. The van der Waals surface area contributed by atoms with Gasteiger partial charge in [-0.1, -0.05) is 35.3 Å². The van der Waals surface area contributed by atoms with Gasteiger partial charge in [-0.05, 0) is 31.7 Å². The molecule has 0 aliphatic heterocycles. The standard InChI is InChI=1S/C13H14Cl2N2S/c1-9(10-4-3-5-11(14)6-10)17(2)8-12-7-16-13(15)18-12/h3-7,9H,8H2,1-2H3. The Hall–Kier alpha value is -0.610. The molecule has 1 atom stereocenters. The van der Waals surface area contributed by atoms with Gasteiger partial charge in [-0.3, -0.25) is 4.90 Å². The Morgan fingerprint density at radius 2 is 2.17 bits per heavy atom. The number of nitrogens with zero attached hydrogens (tertiary/aromatic N) is 2. The van der Waals surface area contributed by atoms with Gasteiger partial charge in [-0.15, -0.1) is 11.3 Å². The second kappa shape index (κ2) is 6.02. The molecule has 2 aromatic rings. The maximum Gasteiger partial charge on any atom is 0.183 e. The van der Waals surface area contributed by atoms with Gasteiger partial charge in [0.15, 0.2) is 4.47 Å². The van der Waals surface area contributed by atoms with Crippen molar-refractivity contribution in [3.63, 3.8) is 0 Å². The van der Waals surface area contributed by atoms with Gasteiger partial charge < -0.3 is 0 Å². The summed E-state index contributed by atoms with van der Waals surface area (Å²) in [7, 11) is 2.08. The summed E-state index contributed by atoms with van der Waals surface area (Å²) in [6, 6.07) is 8.26. The summed E-state index contributed by atoms with van der Waals surface area (Å²) in [5, 5.41) is 0.772. The van der Waals surface area contributed by atoms with Crippen LogP contribution in [0.3, 0.4) is 0 Å². The monoisotopic (exact) mass is 300 g/mol. The molecule has 0 amide bonds. The van der Waals surface area contributed by atoms with Crippen LogP contribution in [-0.2, 0) is 6.54 Å². The first kappa shape index (κ1) is 13.8. The van der Waals surface area contributed by atoms with Crippen molar-refractivity contribution in [2.24, 2.45) is 0 Å². The average Bonchev–Trinajstić information content (AvgIpc) is 2.73. The van der Waals surface area contributed by atoms with Gasteiger partial charge in [0.25, 0.3) is 0 Å². The second-order valence-electron chi connectivity index (χ2n) is 4.23. The molecule has 0 radical (unpaired) electrons. The van der Waals surface area contributed by atoms with Gasteiger partial charge >= 0.3 is 0 Å². The van der Waals surface area contributed by atoms with E-state index in [0.29, 0.717) is 10.5 Å². The summed E-state index contributed by atoms with van der Waals surface area (Å²) in [5.74, 6) is 0. The minimum Gasteiger partial charge on any atom is -0.295 e. The van der Waals surface area contributed by atoms with Crippen LogP contribution >= 0.6 is 34.5 Å². The third kappa shape index (κ3) is 3.45. The molecule has 0 saturated heterocycles. The average molecular weight is 301 g/mol. The van der Waals surface area contributed by atoms with Gasteiger partial charge in [0.1, 0.15) is 0 Å². The summed E-state index contributed by atoms with van der Waals surface area (Å²) in [4.78, 5) is 7.46. The smallest absolute Gasteiger partial charge is 0.183 e. The van der Waals surface area contributed by atoms with E-state index in [9.17, 15) is 0 Å². The van der Waals surface area contributed by atoms with E-state index in [-0.39, 0.29) is 0 Å². The zero-order valence-electron chi connectivity index (χ0n) is 10.2. The van der Waals surface area contributed by atoms with Gasteiger partial charge in [0, 0.05) is 28.7 Å². The van der Waals surface area contributed by atoms with Crippen molar-refractivity contribution in [1.29, 1.82) is 0 Å². The Morgan fingerprint density at radius 3 is 2.78 bits per heavy atom. The third-order valence-corrected chi connectivity index (χ3v) is 4.26. The highest BCUT2D eigenvalue weighted by Crippen LogP contribution is 2.25. The van der Waals surface area contributed by atoms with Crippen molar-refractivity contribution in [1.82, 2.24) is 9.88 Å². The Morgan fingerprint density at radius 1 is 1.39 bits per heavy atom. The fraction of sp³-hybridized carbons (Fsp3) is 0.308. The Bertz CT molecular complexity index is 527. The van der Waals surface area contributed by atoms with Gasteiger partial charge in [0.2, 0.25) is 0 Å². The van der Waals surface area contributed by atoms with Crippen molar-refractivity contribution in [3.8, 4) is 0 Å². The van der Waals surface area contributed by atoms with Crippen molar-refractivity contribution < 1.29 is 0 Å². The molecule has 1 aromatic heterocycles. The number of hydrogen-bond acceptors (Lipinski definition) is 3. The topological polar surface area (TPSA) is 16.1 Å². The summed E-state index contributed by atoms with van der Waals surface area (Å²) in [6.45, 7) is 2.99. The molecule has 2 rings (SSSR count). The van der Waals surface area contributed by atoms with E-state index in [1.54, 1.807) is 0 Å². The summed E-state index contributed by atoms with van der Waals surface area (Å²) in [6.07, 6.45) is 1.83. The fourth-order valence-electron chi connectivity index (χ4n) is 1.76. The first-order valence-corrected chi connectivity index (χ1v) is 7.19. The molecule has 1 heterocycles. The fourth-order valence-corrected chi connectivity index (χ4v) is 3.00. The number of aromatic nitrogens is 1. The predicted octanol–water partition coefficient (Wildman–Crippen LogP) is 4.64. The van der Waals surface area contributed by atoms with E-state index in [1.165, 1.54) is 16.9 Å². The molecule has 0 N–H and O–H groups in total. The molecular weight excluding hydrogens is 287 g/mol. The highest BCUT2D eigenvalue weighted by Gasteiger charge is 2.13. The second-order valence-corrected chi connectivity index (χ2v) is 6.36. The molecular formula is C13H14Cl2N2S. The lowest BCUT2D eigenvalue weighted by atomic mass is 10.1. The lowest BCUT2D eigenvalue weighted by Gasteiger charge is -2.24. The molecule has 0 saturated carbocycles. The first-order valence-electron chi connectivity index (χ1n) is 5.62. The molecule has 0 aliphatic carbocycles. The minimum absolute atomic E-state index is 0.296. The van der Waals surface area contributed by atoms with Crippen LogP contribution in [0, 0.1) is 0 Å². The van der Waals surface area contributed by atoms with Crippen molar-refractivity contribution in [2.45, 2.75) is 19.5 Å². The van der Waals surface area contributed by atoms with Crippen molar-refractivity contribution in [2.75, 3.05) is 7.05 Å². The van der Waals surface area contributed by atoms with E-state index >= 15 is 0 Å². The van der Waals surface area contributed by atoms with Crippen molar-refractivity contribution in [3.05, 3.63) is 50.4 Å². The molecule has 18 heavy (non-hydrogen) atoms. The lowest BCUT2D eigenvalue weighted by Crippen LogP contribution is -2.21. The van der Waals surface area contributed by atoms with E-state index in [2.05, 4.69) is 29.9 Å². The van der Waals surface area contributed by atoms with Crippen LogP contribution in [0.25, 0.3) is 0 Å². The van der Waals surface area contributed by atoms with Gasteiger partial charge in [0.05, 0.1) is 0 Å². The quantitative estimate of drug-likeness (QED) is 0.817. The van der Waals surface area contributed by atoms with Crippen LogP contribution in [0.5, 0.6) is 0 Å². The predicted molar refractivity (Wildman–Crippen MR) is 78.5 cm³/mol. The number of benzene rings is 1. The van der Waals surface area contributed by atoms with Gasteiger partial charge in [-0.2, -0.15) is 0 Å². The molecule has 0 aliphatic rings. The molecule has 1 aromatic carbocycles. The molecule has 2 nitrogen and oxygen atoms in total. The zero-order valence-corrected chi connectivity index (χ0v) is 12.6. The van der Waals surface area contributed by atoms with Crippen LogP contribution in [0.15, 0.2) is 30.5 Å². The maximum absolute atomic E-state index is 6.01. The van der Waals surface area contributed by atoms with Crippen LogP contribution in [0.4, 0.5) is 0 Å². The molecule has 5 heteroatoms. The Balaban J connectivity index is 2.06. The van der Waals surface area contributed by atoms with E-state index < -0.39 is 0 Å². The first-order chi connectivity index (χ1) is 8.56. The van der Waals surface area contributed by atoms with Gasteiger partial charge in [-0.25, -0.2) is 4.98 Å². The third-order valence-electron chi connectivity index (χ3n) is 2.92. The minimum atomic E-state index is 0.296. The van der Waals surface area contributed by atoms with E-state index in [0.717, 1.165) is 16.4 Å². The number of halogens is 2. The normalized spacial score (nSPS) is 12.9. The summed E-state index contributed by atoms with van der Waals surface area (Å²) >= 11 is 13.4. The zero-order chi connectivity index (χ0) is 13.1. The van der Waals surface area contributed by atoms with E-state index in [1.807, 2.05) is 24.4 Å².